The predicted molar refractivity (Wildman–Crippen MR) is 67.4 cm³/mol. The molecule has 1 atom stereocenters. The van der Waals surface area contributed by atoms with Crippen molar-refractivity contribution in [2.75, 3.05) is 5.32 Å². The average molecular weight is 281 g/mol. The molecule has 2 aromatic rings. The van der Waals surface area contributed by atoms with Crippen molar-refractivity contribution in [2.45, 2.75) is 19.9 Å². The molecule has 84 valence electrons. The van der Waals surface area contributed by atoms with Crippen LogP contribution in [0.3, 0.4) is 0 Å². The highest BCUT2D eigenvalue weighted by molar-refractivity contribution is 9.10. The third kappa shape index (κ3) is 2.44. The Hall–Kier alpha value is -1.29. The summed E-state index contributed by atoms with van der Waals surface area (Å²) in [5.74, 6) is 0. The zero-order chi connectivity index (χ0) is 11.5. The molecular formula is C12H13BrN2O. The fraction of sp³-hybridized carbons (Fsp3) is 0.250. The lowest BCUT2D eigenvalue weighted by atomic mass is 10.1. The van der Waals surface area contributed by atoms with Crippen LogP contribution in [-0.2, 0) is 0 Å². The number of furan rings is 1. The lowest BCUT2D eigenvalue weighted by Gasteiger charge is -2.15. The molecule has 2 aromatic heterocycles. The van der Waals surface area contributed by atoms with Crippen molar-refractivity contribution in [2.24, 2.45) is 0 Å². The molecule has 0 aliphatic heterocycles. The van der Waals surface area contributed by atoms with Gasteiger partial charge in [-0.15, -0.1) is 0 Å². The van der Waals surface area contributed by atoms with Gasteiger partial charge < -0.3 is 9.73 Å². The Bertz CT molecular complexity index is 468. The molecule has 0 aromatic carbocycles. The monoisotopic (exact) mass is 280 g/mol. The molecule has 0 aliphatic carbocycles. The Balaban J connectivity index is 2.15. The van der Waals surface area contributed by atoms with Gasteiger partial charge in [-0.25, -0.2) is 4.98 Å². The van der Waals surface area contributed by atoms with Gasteiger partial charge in [0.05, 0.1) is 29.9 Å². The number of nitrogens with one attached hydrogen (secondary N) is 1. The van der Waals surface area contributed by atoms with Crippen LogP contribution in [0.25, 0.3) is 0 Å². The van der Waals surface area contributed by atoms with E-state index in [1.807, 2.05) is 25.1 Å². The van der Waals surface area contributed by atoms with E-state index in [0.717, 1.165) is 21.5 Å². The quantitative estimate of drug-likeness (QED) is 0.866. The Morgan fingerprint density at radius 1 is 1.38 bits per heavy atom. The molecule has 0 radical (unpaired) electrons. The lowest BCUT2D eigenvalue weighted by molar-refractivity contribution is 0.562. The molecule has 1 N–H and O–H groups in total. The van der Waals surface area contributed by atoms with Gasteiger partial charge in [-0.2, -0.15) is 0 Å². The Kier molecular flexibility index (Phi) is 3.29. The third-order valence-electron chi connectivity index (χ3n) is 2.47. The third-order valence-corrected chi connectivity index (χ3v) is 2.91. The number of aromatic nitrogens is 1. The summed E-state index contributed by atoms with van der Waals surface area (Å²) in [6, 6.07) is 6.11. The van der Waals surface area contributed by atoms with Gasteiger partial charge in [0.15, 0.2) is 0 Å². The Morgan fingerprint density at radius 3 is 2.81 bits per heavy atom. The van der Waals surface area contributed by atoms with Crippen molar-refractivity contribution in [1.82, 2.24) is 4.98 Å². The highest BCUT2D eigenvalue weighted by Crippen LogP contribution is 2.22. The molecule has 0 amide bonds. The van der Waals surface area contributed by atoms with Crippen LogP contribution in [0.5, 0.6) is 0 Å². The minimum Gasteiger partial charge on any atom is -0.472 e. The molecule has 0 aliphatic rings. The molecule has 0 bridgehead atoms. The number of halogens is 1. The number of anilines is 1. The van der Waals surface area contributed by atoms with E-state index in [0.29, 0.717) is 0 Å². The molecule has 0 fully saturated rings. The summed E-state index contributed by atoms with van der Waals surface area (Å²) in [6.45, 7) is 4.07. The number of pyridine rings is 1. The Morgan fingerprint density at radius 2 is 2.19 bits per heavy atom. The van der Waals surface area contributed by atoms with E-state index >= 15 is 0 Å². The van der Waals surface area contributed by atoms with Gasteiger partial charge in [0.2, 0.25) is 0 Å². The predicted octanol–water partition coefficient (Wildman–Crippen LogP) is 3.92. The number of hydrogen-bond acceptors (Lipinski definition) is 3. The maximum atomic E-state index is 5.06. The lowest BCUT2D eigenvalue weighted by Crippen LogP contribution is -2.07. The van der Waals surface area contributed by atoms with Gasteiger partial charge >= 0.3 is 0 Å². The van der Waals surface area contributed by atoms with Crippen LogP contribution < -0.4 is 5.32 Å². The van der Waals surface area contributed by atoms with Crippen LogP contribution in [0.4, 0.5) is 5.69 Å². The van der Waals surface area contributed by atoms with Gasteiger partial charge in [0.1, 0.15) is 4.60 Å². The summed E-state index contributed by atoms with van der Waals surface area (Å²) in [5.41, 5.74) is 3.14. The van der Waals surface area contributed by atoms with Crippen molar-refractivity contribution in [3.8, 4) is 0 Å². The first kappa shape index (κ1) is 11.2. The first-order valence-electron chi connectivity index (χ1n) is 5.08. The average Bonchev–Trinajstić information content (AvgIpc) is 2.75. The van der Waals surface area contributed by atoms with Gasteiger partial charge in [-0.05, 0) is 48.0 Å². The maximum Gasteiger partial charge on any atom is 0.106 e. The SMILES string of the molecule is Cc1nc(Br)ccc1NC(C)c1ccoc1. The van der Waals surface area contributed by atoms with Crippen molar-refractivity contribution in [3.05, 3.63) is 46.6 Å². The summed E-state index contributed by atoms with van der Waals surface area (Å²) < 4.78 is 5.91. The van der Waals surface area contributed by atoms with E-state index in [1.54, 1.807) is 12.5 Å². The zero-order valence-corrected chi connectivity index (χ0v) is 10.8. The van der Waals surface area contributed by atoms with E-state index in [4.69, 9.17) is 4.42 Å². The van der Waals surface area contributed by atoms with E-state index in [-0.39, 0.29) is 6.04 Å². The summed E-state index contributed by atoms with van der Waals surface area (Å²) in [7, 11) is 0. The summed E-state index contributed by atoms with van der Waals surface area (Å²) >= 11 is 3.35. The molecule has 0 saturated heterocycles. The van der Waals surface area contributed by atoms with Gasteiger partial charge in [0, 0.05) is 5.56 Å². The second-order valence-electron chi connectivity index (χ2n) is 3.69. The molecule has 4 heteroatoms. The van der Waals surface area contributed by atoms with Gasteiger partial charge in [-0.3, -0.25) is 0 Å². The molecule has 3 nitrogen and oxygen atoms in total. The second-order valence-corrected chi connectivity index (χ2v) is 4.50. The summed E-state index contributed by atoms with van der Waals surface area (Å²) in [4.78, 5) is 4.34. The van der Waals surface area contributed by atoms with Crippen molar-refractivity contribution in [3.63, 3.8) is 0 Å². The number of nitrogens with zero attached hydrogens (tertiary/aromatic N) is 1. The van der Waals surface area contributed by atoms with E-state index < -0.39 is 0 Å². The summed E-state index contributed by atoms with van der Waals surface area (Å²) in [5, 5.41) is 3.40. The maximum absolute atomic E-state index is 5.06. The van der Waals surface area contributed by atoms with Crippen molar-refractivity contribution < 1.29 is 4.42 Å². The van der Waals surface area contributed by atoms with Crippen LogP contribution >= 0.6 is 15.9 Å². The highest BCUT2D eigenvalue weighted by atomic mass is 79.9. The molecule has 2 heterocycles. The number of rotatable bonds is 3. The number of aryl methyl sites for hydroxylation is 1. The second kappa shape index (κ2) is 4.70. The summed E-state index contributed by atoms with van der Waals surface area (Å²) in [6.07, 6.45) is 3.43. The first-order chi connectivity index (χ1) is 7.66. The smallest absolute Gasteiger partial charge is 0.106 e. The van der Waals surface area contributed by atoms with Crippen LogP contribution in [0.15, 0.2) is 39.7 Å². The minimum atomic E-state index is 0.209. The molecule has 16 heavy (non-hydrogen) atoms. The fourth-order valence-corrected chi connectivity index (χ4v) is 1.92. The molecular weight excluding hydrogens is 268 g/mol. The van der Waals surface area contributed by atoms with E-state index in [1.165, 1.54) is 0 Å². The normalized spacial score (nSPS) is 12.4. The molecule has 0 spiro atoms. The van der Waals surface area contributed by atoms with Crippen LogP contribution in [0, 0.1) is 6.92 Å². The van der Waals surface area contributed by atoms with Gasteiger partial charge in [0.25, 0.3) is 0 Å². The largest absolute Gasteiger partial charge is 0.472 e. The van der Waals surface area contributed by atoms with Crippen molar-refractivity contribution in [1.29, 1.82) is 0 Å². The molecule has 1 unspecified atom stereocenters. The first-order valence-corrected chi connectivity index (χ1v) is 5.88. The van der Waals surface area contributed by atoms with Crippen molar-refractivity contribution >= 4 is 21.6 Å². The standard InChI is InChI=1S/C12H13BrN2O/c1-8(10-5-6-16-7-10)14-11-3-4-12(13)15-9(11)2/h3-8,14H,1-2H3. The van der Waals surface area contributed by atoms with Crippen LogP contribution in [0.2, 0.25) is 0 Å². The highest BCUT2D eigenvalue weighted by Gasteiger charge is 2.08. The molecule has 2 rings (SSSR count). The minimum absolute atomic E-state index is 0.209. The van der Waals surface area contributed by atoms with E-state index in [9.17, 15) is 0 Å². The van der Waals surface area contributed by atoms with E-state index in [2.05, 4.69) is 33.2 Å². The molecule has 0 saturated carbocycles. The number of hydrogen-bond donors (Lipinski definition) is 1. The Labute approximate surface area is 103 Å². The van der Waals surface area contributed by atoms with Crippen LogP contribution in [-0.4, -0.2) is 4.98 Å². The zero-order valence-electron chi connectivity index (χ0n) is 9.20. The fourth-order valence-electron chi connectivity index (χ4n) is 1.52. The van der Waals surface area contributed by atoms with Crippen LogP contribution in [0.1, 0.15) is 24.2 Å². The topological polar surface area (TPSA) is 38.1 Å². The van der Waals surface area contributed by atoms with Gasteiger partial charge in [-0.1, -0.05) is 0 Å².